The molecule has 0 saturated heterocycles. The smallest absolute Gasteiger partial charge is 0.434 e. The minimum Gasteiger partial charge on any atom is -0.434 e. The van der Waals surface area contributed by atoms with Crippen molar-refractivity contribution in [3.05, 3.63) is 58.1 Å². The summed E-state index contributed by atoms with van der Waals surface area (Å²) in [6.45, 7) is 6.63. The van der Waals surface area contributed by atoms with Crippen molar-refractivity contribution in [2.24, 2.45) is 11.7 Å². The Labute approximate surface area is 181 Å². The number of nitrogens with zero attached hydrogens (tertiary/aromatic N) is 1. The van der Waals surface area contributed by atoms with Crippen molar-refractivity contribution in [3.8, 4) is 5.75 Å². The fourth-order valence-corrected chi connectivity index (χ4v) is 3.83. The standard InChI is InChI=1S/C23H27ClN2O4/c1-14(2)13-29-23(28)30-17-10-15(3)18(19(24)11-17)12-20(25)22(27)26-9-8-16-6-4-5-7-21(16)26/h4-7,10-11,14,20H,8-9,12-13,25H2,1-3H3. The summed E-state index contributed by atoms with van der Waals surface area (Å²) < 4.78 is 10.2. The third-order valence-corrected chi connectivity index (χ3v) is 5.36. The highest BCUT2D eigenvalue weighted by molar-refractivity contribution is 6.31. The van der Waals surface area contributed by atoms with E-state index in [1.807, 2.05) is 45.0 Å². The molecule has 1 atom stereocenters. The predicted octanol–water partition coefficient (Wildman–Crippen LogP) is 4.28. The number of aryl methyl sites for hydroxylation is 1. The molecule has 2 aromatic rings. The zero-order valence-electron chi connectivity index (χ0n) is 17.5. The maximum Gasteiger partial charge on any atom is 0.513 e. The fraction of sp³-hybridized carbons (Fsp3) is 0.391. The molecule has 0 radical (unpaired) electrons. The molecule has 0 saturated carbocycles. The number of benzene rings is 2. The number of ether oxygens (including phenoxy) is 2. The molecule has 30 heavy (non-hydrogen) atoms. The second-order valence-corrected chi connectivity index (χ2v) is 8.34. The molecule has 0 aliphatic carbocycles. The van der Waals surface area contributed by atoms with Gasteiger partial charge >= 0.3 is 6.16 Å². The highest BCUT2D eigenvalue weighted by atomic mass is 35.5. The molecule has 1 amide bonds. The molecule has 1 aliphatic heterocycles. The van der Waals surface area contributed by atoms with Crippen LogP contribution in [0, 0.1) is 12.8 Å². The van der Waals surface area contributed by atoms with Gasteiger partial charge in [0, 0.05) is 17.3 Å². The third kappa shape index (κ3) is 5.12. The van der Waals surface area contributed by atoms with Crippen molar-refractivity contribution in [2.75, 3.05) is 18.1 Å². The summed E-state index contributed by atoms with van der Waals surface area (Å²) >= 11 is 6.42. The molecule has 0 spiro atoms. The van der Waals surface area contributed by atoms with E-state index in [2.05, 4.69) is 0 Å². The van der Waals surface area contributed by atoms with Gasteiger partial charge in [-0.1, -0.05) is 43.6 Å². The first-order valence-electron chi connectivity index (χ1n) is 10.0. The summed E-state index contributed by atoms with van der Waals surface area (Å²) in [6.07, 6.45) is 0.347. The van der Waals surface area contributed by atoms with Crippen molar-refractivity contribution in [1.82, 2.24) is 0 Å². The lowest BCUT2D eigenvalue weighted by molar-refractivity contribution is -0.119. The number of carbonyl (C=O) groups is 2. The number of carbonyl (C=O) groups excluding carboxylic acids is 2. The van der Waals surface area contributed by atoms with E-state index in [9.17, 15) is 9.59 Å². The third-order valence-electron chi connectivity index (χ3n) is 5.02. The first kappa shape index (κ1) is 22.1. The van der Waals surface area contributed by atoms with Gasteiger partial charge in [0.1, 0.15) is 5.75 Å². The van der Waals surface area contributed by atoms with Crippen LogP contribution in [0.1, 0.15) is 30.5 Å². The lowest BCUT2D eigenvalue weighted by atomic mass is 10.00. The summed E-state index contributed by atoms with van der Waals surface area (Å²) in [5.74, 6) is 0.378. The van der Waals surface area contributed by atoms with E-state index >= 15 is 0 Å². The topological polar surface area (TPSA) is 81.9 Å². The minimum atomic E-state index is -0.772. The molecule has 2 aromatic carbocycles. The largest absolute Gasteiger partial charge is 0.513 e. The van der Waals surface area contributed by atoms with Gasteiger partial charge in [0.15, 0.2) is 0 Å². The number of anilines is 1. The molecule has 160 valence electrons. The fourth-order valence-electron chi connectivity index (χ4n) is 3.49. The van der Waals surface area contributed by atoms with E-state index in [0.29, 0.717) is 23.7 Å². The Hall–Kier alpha value is -2.57. The molecule has 0 fully saturated rings. The monoisotopic (exact) mass is 430 g/mol. The van der Waals surface area contributed by atoms with Crippen molar-refractivity contribution < 1.29 is 19.1 Å². The van der Waals surface area contributed by atoms with E-state index in [1.54, 1.807) is 17.0 Å². The summed E-state index contributed by atoms with van der Waals surface area (Å²) in [5, 5.41) is 0.395. The maximum atomic E-state index is 12.9. The van der Waals surface area contributed by atoms with E-state index in [0.717, 1.165) is 28.8 Å². The second kappa shape index (κ2) is 9.49. The van der Waals surface area contributed by atoms with Crippen LogP contribution in [0.25, 0.3) is 0 Å². The summed E-state index contributed by atoms with van der Waals surface area (Å²) in [7, 11) is 0. The van der Waals surface area contributed by atoms with E-state index in [-0.39, 0.29) is 18.4 Å². The first-order chi connectivity index (χ1) is 14.3. The molecule has 2 N–H and O–H groups in total. The van der Waals surface area contributed by atoms with Crippen LogP contribution in [0.2, 0.25) is 5.02 Å². The van der Waals surface area contributed by atoms with Gasteiger partial charge < -0.3 is 20.1 Å². The van der Waals surface area contributed by atoms with Gasteiger partial charge in [-0.3, -0.25) is 4.79 Å². The maximum absolute atomic E-state index is 12.9. The number of para-hydroxylation sites is 1. The SMILES string of the molecule is Cc1cc(OC(=O)OCC(C)C)cc(Cl)c1CC(N)C(=O)N1CCc2ccccc21. The Bertz CT molecular complexity index is 922. The number of hydrogen-bond donors (Lipinski definition) is 1. The molecule has 1 unspecified atom stereocenters. The zero-order chi connectivity index (χ0) is 21.8. The Morgan fingerprint density at radius 3 is 2.67 bits per heavy atom. The van der Waals surface area contributed by atoms with Crippen molar-refractivity contribution >= 4 is 29.4 Å². The van der Waals surface area contributed by atoms with Crippen LogP contribution < -0.4 is 15.4 Å². The van der Waals surface area contributed by atoms with Crippen LogP contribution in [0.3, 0.4) is 0 Å². The Balaban J connectivity index is 1.68. The number of fused-ring (bicyclic) bond motifs is 1. The van der Waals surface area contributed by atoms with Gasteiger partial charge in [0.2, 0.25) is 5.91 Å². The number of rotatable bonds is 6. The molecule has 6 nitrogen and oxygen atoms in total. The quantitative estimate of drug-likeness (QED) is 0.546. The van der Waals surface area contributed by atoms with Crippen molar-refractivity contribution in [2.45, 2.75) is 39.7 Å². The van der Waals surface area contributed by atoms with Crippen molar-refractivity contribution in [1.29, 1.82) is 0 Å². The van der Waals surface area contributed by atoms with Crippen LogP contribution in [0.5, 0.6) is 5.75 Å². The lowest BCUT2D eigenvalue weighted by Crippen LogP contribution is -2.44. The van der Waals surface area contributed by atoms with E-state index < -0.39 is 12.2 Å². The average Bonchev–Trinajstić information content (AvgIpc) is 3.12. The van der Waals surface area contributed by atoms with Gasteiger partial charge in [0.25, 0.3) is 0 Å². The van der Waals surface area contributed by atoms with Gasteiger partial charge in [-0.15, -0.1) is 0 Å². The minimum absolute atomic E-state index is 0.131. The number of amides is 1. The molecule has 0 bridgehead atoms. The van der Waals surface area contributed by atoms with Gasteiger partial charge in [0.05, 0.1) is 12.6 Å². The first-order valence-corrected chi connectivity index (χ1v) is 10.4. The molecule has 3 rings (SSSR count). The lowest BCUT2D eigenvalue weighted by Gasteiger charge is -2.22. The van der Waals surface area contributed by atoms with Gasteiger partial charge in [-0.2, -0.15) is 0 Å². The molecular weight excluding hydrogens is 404 g/mol. The summed E-state index contributed by atoms with van der Waals surface area (Å²) in [4.78, 5) is 26.5. The van der Waals surface area contributed by atoms with Gasteiger partial charge in [-0.05, 0) is 60.6 Å². The number of halogens is 1. The Kier molecular flexibility index (Phi) is 7.00. The Morgan fingerprint density at radius 1 is 1.23 bits per heavy atom. The van der Waals surface area contributed by atoms with E-state index in [4.69, 9.17) is 26.8 Å². The predicted molar refractivity (Wildman–Crippen MR) is 117 cm³/mol. The van der Waals surface area contributed by atoms with Crippen LogP contribution in [0.4, 0.5) is 10.5 Å². The van der Waals surface area contributed by atoms with Crippen LogP contribution in [0.15, 0.2) is 36.4 Å². The van der Waals surface area contributed by atoms with Crippen LogP contribution in [-0.4, -0.2) is 31.3 Å². The summed E-state index contributed by atoms with van der Waals surface area (Å²) in [5.41, 5.74) is 9.88. The number of nitrogens with two attached hydrogens (primary N) is 1. The average molecular weight is 431 g/mol. The van der Waals surface area contributed by atoms with Crippen LogP contribution in [-0.2, 0) is 22.4 Å². The van der Waals surface area contributed by atoms with Crippen LogP contribution >= 0.6 is 11.6 Å². The highest BCUT2D eigenvalue weighted by Gasteiger charge is 2.29. The molecule has 1 heterocycles. The highest BCUT2D eigenvalue weighted by Crippen LogP contribution is 2.30. The zero-order valence-corrected chi connectivity index (χ0v) is 18.2. The summed E-state index contributed by atoms with van der Waals surface area (Å²) in [6, 6.07) is 10.4. The molecule has 7 heteroatoms. The Morgan fingerprint density at radius 2 is 1.97 bits per heavy atom. The normalized spacial score (nSPS) is 13.9. The molecular formula is C23H27ClN2O4. The molecule has 1 aliphatic rings. The second-order valence-electron chi connectivity index (χ2n) is 7.94. The van der Waals surface area contributed by atoms with E-state index in [1.165, 1.54) is 0 Å². The van der Waals surface area contributed by atoms with Gasteiger partial charge in [-0.25, -0.2) is 4.79 Å². The number of hydrogen-bond acceptors (Lipinski definition) is 5. The van der Waals surface area contributed by atoms with Crippen molar-refractivity contribution in [3.63, 3.8) is 0 Å². The molecule has 0 aromatic heterocycles.